The Morgan fingerprint density at radius 3 is 2.54 bits per heavy atom. The Kier molecular flexibility index (Phi) is 6.48. The van der Waals surface area contributed by atoms with Gasteiger partial charge in [0.25, 0.3) is 0 Å². The highest BCUT2D eigenvalue weighted by atomic mass is 16.6. The van der Waals surface area contributed by atoms with Crippen LogP contribution < -0.4 is 5.32 Å². The predicted octanol–water partition coefficient (Wildman–Crippen LogP) is 1.17. The van der Waals surface area contributed by atoms with Gasteiger partial charge in [-0.2, -0.15) is 5.10 Å². The van der Waals surface area contributed by atoms with E-state index in [4.69, 9.17) is 4.74 Å². The number of rotatable bonds is 8. The van der Waals surface area contributed by atoms with Gasteiger partial charge in [-0.05, 0) is 37.6 Å². The fourth-order valence-corrected chi connectivity index (χ4v) is 2.28. The summed E-state index contributed by atoms with van der Waals surface area (Å²) in [5.41, 5.74) is 1.81. The molecule has 1 heterocycles. The molecular weight excluding hydrogens is 338 g/mol. The van der Waals surface area contributed by atoms with Crippen molar-refractivity contribution in [2.45, 2.75) is 38.7 Å². The number of methoxy groups -OCH3 is 1. The second kappa shape index (κ2) is 8.59. The third-order valence-electron chi connectivity index (χ3n) is 3.46. The van der Waals surface area contributed by atoms with Crippen LogP contribution in [0.15, 0.2) is 42.7 Å². The predicted molar refractivity (Wildman–Crippen MR) is 93.2 cm³/mol. The summed E-state index contributed by atoms with van der Waals surface area (Å²) in [5.74, 6) is -2.66. The SMILES string of the molecule is COC(=O)[C@@H](CC(=O)NCc1ccc(-n2cccn2)cc1)OC(C)(C)O. The van der Waals surface area contributed by atoms with E-state index < -0.39 is 17.9 Å². The Labute approximate surface area is 151 Å². The van der Waals surface area contributed by atoms with Crippen LogP contribution in [0, 0.1) is 0 Å². The lowest BCUT2D eigenvalue weighted by Crippen LogP contribution is -2.39. The third kappa shape index (κ3) is 5.98. The normalized spacial score (nSPS) is 12.5. The Morgan fingerprint density at radius 2 is 2.00 bits per heavy atom. The number of benzene rings is 1. The maximum Gasteiger partial charge on any atom is 0.335 e. The summed E-state index contributed by atoms with van der Waals surface area (Å²) in [7, 11) is 1.20. The highest BCUT2D eigenvalue weighted by Gasteiger charge is 2.29. The van der Waals surface area contributed by atoms with Crippen molar-refractivity contribution in [1.29, 1.82) is 0 Å². The minimum absolute atomic E-state index is 0.248. The quantitative estimate of drug-likeness (QED) is 0.540. The molecule has 1 amide bonds. The van der Waals surface area contributed by atoms with E-state index in [2.05, 4.69) is 15.2 Å². The summed E-state index contributed by atoms with van der Waals surface area (Å²) >= 11 is 0. The van der Waals surface area contributed by atoms with E-state index in [-0.39, 0.29) is 12.3 Å². The first kappa shape index (κ1) is 19.6. The Bertz CT molecular complexity index is 720. The lowest BCUT2D eigenvalue weighted by atomic mass is 10.2. The van der Waals surface area contributed by atoms with Gasteiger partial charge in [-0.3, -0.25) is 4.79 Å². The van der Waals surface area contributed by atoms with Crippen LogP contribution in [0.5, 0.6) is 0 Å². The minimum atomic E-state index is -1.55. The number of aliphatic hydroxyl groups is 1. The van der Waals surface area contributed by atoms with Gasteiger partial charge in [0, 0.05) is 18.9 Å². The van der Waals surface area contributed by atoms with E-state index in [9.17, 15) is 14.7 Å². The number of hydrogen-bond donors (Lipinski definition) is 2. The largest absolute Gasteiger partial charge is 0.467 e. The minimum Gasteiger partial charge on any atom is -0.467 e. The average molecular weight is 361 g/mol. The van der Waals surface area contributed by atoms with Crippen LogP contribution in [0.2, 0.25) is 0 Å². The first-order chi connectivity index (χ1) is 12.3. The molecule has 0 aliphatic heterocycles. The van der Waals surface area contributed by atoms with Crippen LogP contribution in [-0.2, 0) is 25.6 Å². The van der Waals surface area contributed by atoms with E-state index in [0.29, 0.717) is 6.54 Å². The Morgan fingerprint density at radius 1 is 1.31 bits per heavy atom. The number of nitrogens with one attached hydrogen (secondary N) is 1. The number of aromatic nitrogens is 2. The van der Waals surface area contributed by atoms with Gasteiger partial charge in [-0.25, -0.2) is 9.48 Å². The zero-order valence-corrected chi connectivity index (χ0v) is 15.0. The molecule has 0 aliphatic rings. The van der Waals surface area contributed by atoms with Gasteiger partial charge in [-0.1, -0.05) is 12.1 Å². The van der Waals surface area contributed by atoms with Crippen molar-refractivity contribution in [1.82, 2.24) is 15.1 Å². The van der Waals surface area contributed by atoms with Crippen molar-refractivity contribution < 1.29 is 24.2 Å². The summed E-state index contributed by atoms with van der Waals surface area (Å²) in [6.07, 6.45) is 2.11. The van der Waals surface area contributed by atoms with E-state index >= 15 is 0 Å². The zero-order valence-electron chi connectivity index (χ0n) is 15.0. The fourth-order valence-electron chi connectivity index (χ4n) is 2.28. The van der Waals surface area contributed by atoms with Crippen LogP contribution in [0.25, 0.3) is 5.69 Å². The summed E-state index contributed by atoms with van der Waals surface area (Å²) in [4.78, 5) is 23.8. The second-order valence-electron chi connectivity index (χ2n) is 6.17. The number of ether oxygens (including phenoxy) is 2. The van der Waals surface area contributed by atoms with Crippen LogP contribution in [0.4, 0.5) is 0 Å². The molecule has 1 aromatic carbocycles. The van der Waals surface area contributed by atoms with Crippen molar-refractivity contribution in [3.05, 3.63) is 48.3 Å². The van der Waals surface area contributed by atoms with Crippen LogP contribution in [-0.4, -0.2) is 45.8 Å². The Hall–Kier alpha value is -2.71. The number of nitrogens with zero attached hydrogens (tertiary/aromatic N) is 2. The third-order valence-corrected chi connectivity index (χ3v) is 3.46. The molecule has 0 fully saturated rings. The molecule has 0 spiro atoms. The molecule has 0 radical (unpaired) electrons. The second-order valence-corrected chi connectivity index (χ2v) is 6.17. The molecule has 0 saturated carbocycles. The molecule has 1 aromatic heterocycles. The molecule has 26 heavy (non-hydrogen) atoms. The maximum absolute atomic E-state index is 12.1. The van der Waals surface area contributed by atoms with Crippen molar-refractivity contribution in [3.8, 4) is 5.69 Å². The Balaban J connectivity index is 1.89. The molecule has 2 rings (SSSR count). The van der Waals surface area contributed by atoms with E-state index in [1.165, 1.54) is 21.0 Å². The maximum atomic E-state index is 12.1. The standard InChI is InChI=1S/C18H23N3O5/c1-18(2,24)26-15(17(23)25-3)11-16(22)19-12-13-5-7-14(8-6-13)21-10-4-9-20-21/h4-10,15,24H,11-12H2,1-3H3,(H,19,22)/t15-/m1/s1. The van der Waals surface area contributed by atoms with Gasteiger partial charge < -0.3 is 19.9 Å². The number of esters is 1. The van der Waals surface area contributed by atoms with E-state index in [1.807, 2.05) is 36.5 Å². The zero-order chi connectivity index (χ0) is 19.2. The van der Waals surface area contributed by atoms with Crippen molar-refractivity contribution in [2.75, 3.05) is 7.11 Å². The summed E-state index contributed by atoms with van der Waals surface area (Å²) in [6.45, 7) is 3.05. The van der Waals surface area contributed by atoms with Gasteiger partial charge in [0.1, 0.15) is 0 Å². The molecule has 1 atom stereocenters. The highest BCUT2D eigenvalue weighted by molar-refractivity contribution is 5.84. The van der Waals surface area contributed by atoms with Gasteiger partial charge in [0.2, 0.25) is 5.91 Å². The summed E-state index contributed by atoms with van der Waals surface area (Å²) < 4.78 is 11.5. The van der Waals surface area contributed by atoms with Crippen LogP contribution in [0.3, 0.4) is 0 Å². The summed E-state index contributed by atoms with van der Waals surface area (Å²) in [5, 5.41) is 16.6. The molecule has 0 saturated heterocycles. The molecule has 8 nitrogen and oxygen atoms in total. The molecule has 8 heteroatoms. The fraction of sp³-hybridized carbons (Fsp3) is 0.389. The monoisotopic (exact) mass is 361 g/mol. The number of carbonyl (C=O) groups is 2. The molecule has 2 N–H and O–H groups in total. The lowest BCUT2D eigenvalue weighted by Gasteiger charge is -2.24. The average Bonchev–Trinajstić information content (AvgIpc) is 3.12. The lowest BCUT2D eigenvalue weighted by molar-refractivity contribution is -0.217. The van der Waals surface area contributed by atoms with Gasteiger partial charge in [-0.15, -0.1) is 0 Å². The smallest absolute Gasteiger partial charge is 0.335 e. The number of amides is 1. The molecule has 140 valence electrons. The molecular formula is C18H23N3O5. The summed E-state index contributed by atoms with van der Waals surface area (Å²) in [6, 6.07) is 9.37. The van der Waals surface area contributed by atoms with Crippen molar-refractivity contribution in [2.24, 2.45) is 0 Å². The molecule has 0 aliphatic carbocycles. The molecule has 0 bridgehead atoms. The van der Waals surface area contributed by atoms with Crippen LogP contribution in [0.1, 0.15) is 25.8 Å². The van der Waals surface area contributed by atoms with E-state index in [1.54, 1.807) is 10.9 Å². The first-order valence-electron chi connectivity index (χ1n) is 8.12. The van der Waals surface area contributed by atoms with Gasteiger partial charge in [0.15, 0.2) is 11.9 Å². The van der Waals surface area contributed by atoms with Crippen LogP contribution >= 0.6 is 0 Å². The molecule has 0 unspecified atom stereocenters. The molecule has 2 aromatic rings. The van der Waals surface area contributed by atoms with Gasteiger partial charge in [0.05, 0.1) is 19.2 Å². The van der Waals surface area contributed by atoms with Crippen molar-refractivity contribution in [3.63, 3.8) is 0 Å². The highest BCUT2D eigenvalue weighted by Crippen LogP contribution is 2.13. The number of hydrogen-bond acceptors (Lipinski definition) is 6. The first-order valence-corrected chi connectivity index (χ1v) is 8.12. The van der Waals surface area contributed by atoms with E-state index in [0.717, 1.165) is 11.3 Å². The number of carbonyl (C=O) groups excluding carboxylic acids is 2. The topological polar surface area (TPSA) is 103 Å². The van der Waals surface area contributed by atoms with Gasteiger partial charge >= 0.3 is 5.97 Å². The van der Waals surface area contributed by atoms with Crippen molar-refractivity contribution >= 4 is 11.9 Å².